The number of halogens is 2. The van der Waals surface area contributed by atoms with E-state index in [-0.39, 0.29) is 5.91 Å². The van der Waals surface area contributed by atoms with Crippen molar-refractivity contribution >= 4 is 35.3 Å². The van der Waals surface area contributed by atoms with Crippen molar-refractivity contribution in [2.24, 2.45) is 5.10 Å². The van der Waals surface area contributed by atoms with Crippen LogP contribution in [0.15, 0.2) is 77.9 Å². The molecule has 0 aliphatic carbocycles. The van der Waals surface area contributed by atoms with E-state index in [0.717, 1.165) is 5.56 Å². The number of carbonyl (C=O) groups is 1. The minimum atomic E-state index is -0.381. The average molecular weight is 399 g/mol. The summed E-state index contributed by atoms with van der Waals surface area (Å²) in [4.78, 5) is 12.5. The molecule has 0 atom stereocenters. The van der Waals surface area contributed by atoms with E-state index >= 15 is 0 Å². The van der Waals surface area contributed by atoms with Gasteiger partial charge in [0.25, 0.3) is 5.91 Å². The van der Waals surface area contributed by atoms with E-state index in [9.17, 15) is 4.79 Å². The Bertz CT molecular complexity index is 959. The fourth-order valence-corrected chi connectivity index (χ4v) is 2.71. The Morgan fingerprint density at radius 2 is 1.70 bits per heavy atom. The second-order valence-electron chi connectivity index (χ2n) is 5.61. The molecule has 136 valence electrons. The number of hydrogen-bond donors (Lipinski definition) is 1. The summed E-state index contributed by atoms with van der Waals surface area (Å²) in [5.74, 6) is 0.0999. The molecule has 0 saturated carbocycles. The molecule has 6 heteroatoms. The first-order chi connectivity index (χ1) is 13.1. The van der Waals surface area contributed by atoms with Crippen LogP contribution >= 0.6 is 23.2 Å². The van der Waals surface area contributed by atoms with E-state index in [1.165, 1.54) is 6.21 Å². The number of amides is 1. The van der Waals surface area contributed by atoms with Crippen LogP contribution in [0, 0.1) is 0 Å². The maximum absolute atomic E-state index is 12.5. The normalized spacial score (nSPS) is 10.7. The number of nitrogens with zero attached hydrogens (tertiary/aromatic N) is 1. The maximum Gasteiger partial charge on any atom is 0.275 e. The molecular formula is C21H16Cl2N2O2. The molecular weight excluding hydrogens is 383 g/mol. The fourth-order valence-electron chi connectivity index (χ4n) is 2.36. The minimum Gasteiger partial charge on any atom is -0.488 e. The molecule has 0 aromatic heterocycles. The van der Waals surface area contributed by atoms with Crippen molar-refractivity contribution in [1.29, 1.82) is 0 Å². The lowest BCUT2D eigenvalue weighted by Gasteiger charge is -2.10. The predicted octanol–water partition coefficient (Wildman–Crippen LogP) is 5.34. The van der Waals surface area contributed by atoms with Gasteiger partial charge in [0, 0.05) is 5.56 Å². The second-order valence-corrected chi connectivity index (χ2v) is 6.40. The Balaban J connectivity index is 1.68. The smallest absolute Gasteiger partial charge is 0.275 e. The highest BCUT2D eigenvalue weighted by atomic mass is 35.5. The number of benzene rings is 3. The van der Waals surface area contributed by atoms with Crippen molar-refractivity contribution in [2.75, 3.05) is 0 Å². The number of para-hydroxylation sites is 1. The summed E-state index contributed by atoms with van der Waals surface area (Å²) in [6.45, 7) is 0.368. The van der Waals surface area contributed by atoms with Crippen LogP contribution in [0.1, 0.15) is 21.5 Å². The minimum absolute atomic E-state index is 0.368. The van der Waals surface area contributed by atoms with Gasteiger partial charge in [0.05, 0.1) is 21.8 Å². The van der Waals surface area contributed by atoms with Gasteiger partial charge in [0.1, 0.15) is 12.4 Å². The summed E-state index contributed by atoms with van der Waals surface area (Å²) < 4.78 is 5.79. The number of carbonyl (C=O) groups excluding carboxylic acids is 1. The number of hydrogen-bond acceptors (Lipinski definition) is 3. The lowest BCUT2D eigenvalue weighted by molar-refractivity contribution is 0.0950. The summed E-state index contributed by atoms with van der Waals surface area (Å²) in [7, 11) is 0. The molecule has 3 rings (SSSR count). The zero-order valence-corrected chi connectivity index (χ0v) is 15.7. The van der Waals surface area contributed by atoms with E-state index in [0.29, 0.717) is 33.5 Å². The lowest BCUT2D eigenvalue weighted by Crippen LogP contribution is -2.18. The van der Waals surface area contributed by atoms with Crippen molar-refractivity contribution in [2.45, 2.75) is 6.61 Å². The van der Waals surface area contributed by atoms with Gasteiger partial charge in [0.2, 0.25) is 0 Å². The summed E-state index contributed by atoms with van der Waals surface area (Å²) in [5, 5.41) is 4.76. The Morgan fingerprint density at radius 1 is 0.963 bits per heavy atom. The Labute approximate surface area is 167 Å². The third kappa shape index (κ3) is 5.09. The van der Waals surface area contributed by atoms with Gasteiger partial charge in [0.15, 0.2) is 0 Å². The van der Waals surface area contributed by atoms with Crippen molar-refractivity contribution < 1.29 is 9.53 Å². The first kappa shape index (κ1) is 19.0. The highest BCUT2D eigenvalue weighted by Crippen LogP contribution is 2.24. The zero-order valence-electron chi connectivity index (χ0n) is 14.2. The quantitative estimate of drug-likeness (QED) is 0.450. The van der Waals surface area contributed by atoms with Crippen LogP contribution in [0.5, 0.6) is 5.75 Å². The molecule has 4 nitrogen and oxygen atoms in total. The summed E-state index contributed by atoms with van der Waals surface area (Å²) in [6.07, 6.45) is 1.44. The summed E-state index contributed by atoms with van der Waals surface area (Å²) in [5.41, 5.74) is 4.50. The van der Waals surface area contributed by atoms with E-state index in [4.69, 9.17) is 27.9 Å². The predicted molar refractivity (Wildman–Crippen MR) is 109 cm³/mol. The van der Waals surface area contributed by atoms with Crippen LogP contribution in [-0.2, 0) is 6.61 Å². The van der Waals surface area contributed by atoms with Crippen LogP contribution < -0.4 is 10.2 Å². The average Bonchev–Trinajstić information content (AvgIpc) is 2.70. The van der Waals surface area contributed by atoms with Crippen LogP contribution in [0.2, 0.25) is 10.0 Å². The molecule has 0 spiro atoms. The van der Waals surface area contributed by atoms with Crippen molar-refractivity contribution in [1.82, 2.24) is 5.43 Å². The van der Waals surface area contributed by atoms with Gasteiger partial charge < -0.3 is 4.74 Å². The standard InChI is InChI=1S/C21H16Cl2N2O2/c22-18-11-6-9-16(20(18)23)13-24-25-21(26)17-10-4-5-12-19(17)27-14-15-7-2-1-3-8-15/h1-13H,14H2,(H,25,26)/b24-13-. The molecule has 3 aromatic rings. The van der Waals surface area contributed by atoms with Gasteiger partial charge >= 0.3 is 0 Å². The van der Waals surface area contributed by atoms with Gasteiger partial charge in [-0.25, -0.2) is 5.43 Å². The highest BCUT2D eigenvalue weighted by Gasteiger charge is 2.11. The summed E-state index contributed by atoms with van der Waals surface area (Å²) >= 11 is 12.1. The molecule has 0 aliphatic rings. The molecule has 0 fully saturated rings. The highest BCUT2D eigenvalue weighted by molar-refractivity contribution is 6.43. The number of ether oxygens (including phenoxy) is 1. The van der Waals surface area contributed by atoms with Gasteiger partial charge in [-0.05, 0) is 23.8 Å². The molecule has 0 bridgehead atoms. The van der Waals surface area contributed by atoms with Gasteiger partial charge in [-0.2, -0.15) is 5.10 Å². The SMILES string of the molecule is O=C(N/N=C\c1cccc(Cl)c1Cl)c1ccccc1OCc1ccccc1. The first-order valence-electron chi connectivity index (χ1n) is 8.18. The third-order valence-electron chi connectivity index (χ3n) is 3.72. The zero-order chi connectivity index (χ0) is 19.1. The van der Waals surface area contributed by atoms with E-state index in [1.807, 2.05) is 36.4 Å². The molecule has 27 heavy (non-hydrogen) atoms. The van der Waals surface area contributed by atoms with E-state index in [1.54, 1.807) is 36.4 Å². The second kappa shape index (κ2) is 9.21. The van der Waals surface area contributed by atoms with Crippen LogP contribution in [-0.4, -0.2) is 12.1 Å². The molecule has 0 heterocycles. The topological polar surface area (TPSA) is 50.7 Å². The molecule has 1 N–H and O–H groups in total. The van der Waals surface area contributed by atoms with Crippen LogP contribution in [0.25, 0.3) is 0 Å². The molecule has 1 amide bonds. The Kier molecular flexibility index (Phi) is 6.47. The van der Waals surface area contributed by atoms with Crippen LogP contribution in [0.3, 0.4) is 0 Å². The maximum atomic E-state index is 12.5. The van der Waals surface area contributed by atoms with Crippen molar-refractivity contribution in [3.63, 3.8) is 0 Å². The van der Waals surface area contributed by atoms with Crippen molar-refractivity contribution in [3.8, 4) is 5.75 Å². The first-order valence-corrected chi connectivity index (χ1v) is 8.94. The van der Waals surface area contributed by atoms with Crippen molar-refractivity contribution in [3.05, 3.63) is 99.5 Å². The fraction of sp³-hybridized carbons (Fsp3) is 0.0476. The lowest BCUT2D eigenvalue weighted by atomic mass is 10.2. The Hall–Kier alpha value is -2.82. The molecule has 0 unspecified atom stereocenters. The molecule has 3 aromatic carbocycles. The van der Waals surface area contributed by atoms with E-state index in [2.05, 4.69) is 10.5 Å². The van der Waals surface area contributed by atoms with Gasteiger partial charge in [-0.1, -0.05) is 77.8 Å². The third-order valence-corrected chi connectivity index (χ3v) is 4.55. The number of rotatable bonds is 6. The number of nitrogens with one attached hydrogen (secondary N) is 1. The molecule has 0 aliphatic heterocycles. The monoisotopic (exact) mass is 398 g/mol. The van der Waals surface area contributed by atoms with Gasteiger partial charge in [-0.3, -0.25) is 4.79 Å². The summed E-state index contributed by atoms with van der Waals surface area (Å²) in [6, 6.07) is 21.9. The van der Waals surface area contributed by atoms with E-state index < -0.39 is 0 Å². The molecule has 0 radical (unpaired) electrons. The number of hydrazone groups is 1. The molecule has 0 saturated heterocycles. The largest absolute Gasteiger partial charge is 0.488 e. The van der Waals surface area contributed by atoms with Gasteiger partial charge in [-0.15, -0.1) is 0 Å². The Morgan fingerprint density at radius 3 is 2.52 bits per heavy atom. The van der Waals surface area contributed by atoms with Crippen LogP contribution in [0.4, 0.5) is 0 Å².